The molecule has 0 spiro atoms. The molecule has 1 saturated heterocycles. The monoisotopic (exact) mass is 250 g/mol. The van der Waals surface area contributed by atoms with Crippen molar-refractivity contribution in [3.05, 3.63) is 23.7 Å². The van der Waals surface area contributed by atoms with E-state index in [2.05, 4.69) is 31.7 Å². The largest absolute Gasteiger partial charge is 0.465 e. The molecule has 0 radical (unpaired) electrons. The van der Waals surface area contributed by atoms with Crippen LogP contribution in [0.25, 0.3) is 0 Å². The summed E-state index contributed by atoms with van der Waals surface area (Å²) in [6.07, 6.45) is 2.51. The summed E-state index contributed by atoms with van der Waals surface area (Å²) in [4.78, 5) is 2.52. The molecule has 2 heterocycles. The molecule has 0 aromatic carbocycles. The minimum Gasteiger partial charge on any atom is -0.465 e. The van der Waals surface area contributed by atoms with Gasteiger partial charge >= 0.3 is 0 Å². The van der Waals surface area contributed by atoms with Crippen LogP contribution in [0.4, 0.5) is 0 Å². The molecule has 2 rings (SSSR count). The Bertz CT molecular complexity index is 386. The van der Waals surface area contributed by atoms with E-state index < -0.39 is 0 Å². The zero-order chi connectivity index (χ0) is 13.3. The number of nitrogens with two attached hydrogens (primary N) is 1. The van der Waals surface area contributed by atoms with E-state index in [1.807, 2.05) is 13.0 Å². The van der Waals surface area contributed by atoms with Gasteiger partial charge in [0.15, 0.2) is 0 Å². The van der Waals surface area contributed by atoms with Gasteiger partial charge in [0, 0.05) is 12.1 Å². The number of likely N-dealkylation sites (tertiary alicyclic amines) is 1. The lowest BCUT2D eigenvalue weighted by molar-refractivity contribution is 0.0595. The molecular formula is C15H26N2O. The van der Waals surface area contributed by atoms with Crippen LogP contribution in [-0.4, -0.2) is 23.5 Å². The molecule has 0 aliphatic carbocycles. The second-order valence-corrected chi connectivity index (χ2v) is 5.97. The summed E-state index contributed by atoms with van der Waals surface area (Å²) in [5.41, 5.74) is 6.20. The van der Waals surface area contributed by atoms with E-state index in [0.29, 0.717) is 6.04 Å². The Morgan fingerprint density at radius 1 is 1.39 bits per heavy atom. The molecule has 102 valence electrons. The van der Waals surface area contributed by atoms with Gasteiger partial charge in [-0.15, -0.1) is 0 Å². The first-order valence-corrected chi connectivity index (χ1v) is 7.06. The first kappa shape index (κ1) is 13.6. The van der Waals surface area contributed by atoms with Crippen LogP contribution in [0.3, 0.4) is 0 Å². The van der Waals surface area contributed by atoms with Crippen LogP contribution in [0, 0.1) is 12.8 Å². The van der Waals surface area contributed by atoms with Gasteiger partial charge in [0.1, 0.15) is 11.5 Å². The van der Waals surface area contributed by atoms with Crippen LogP contribution >= 0.6 is 0 Å². The van der Waals surface area contributed by atoms with Crippen LogP contribution in [-0.2, 0) is 0 Å². The van der Waals surface area contributed by atoms with Gasteiger partial charge in [-0.3, -0.25) is 4.90 Å². The van der Waals surface area contributed by atoms with Crippen molar-refractivity contribution in [1.29, 1.82) is 0 Å². The van der Waals surface area contributed by atoms with Crippen molar-refractivity contribution in [1.82, 2.24) is 4.90 Å². The Morgan fingerprint density at radius 2 is 2.11 bits per heavy atom. The van der Waals surface area contributed by atoms with E-state index >= 15 is 0 Å². The maximum Gasteiger partial charge on any atom is 0.122 e. The summed E-state index contributed by atoms with van der Waals surface area (Å²) in [5.74, 6) is 2.81. The number of aryl methyl sites for hydroxylation is 1. The molecule has 0 saturated carbocycles. The Morgan fingerprint density at radius 3 is 2.61 bits per heavy atom. The van der Waals surface area contributed by atoms with Crippen LogP contribution in [0.5, 0.6) is 0 Å². The van der Waals surface area contributed by atoms with Crippen molar-refractivity contribution in [2.24, 2.45) is 11.7 Å². The van der Waals surface area contributed by atoms with Gasteiger partial charge in [0.2, 0.25) is 0 Å². The van der Waals surface area contributed by atoms with E-state index in [4.69, 9.17) is 10.2 Å². The van der Waals surface area contributed by atoms with Crippen molar-refractivity contribution < 1.29 is 4.42 Å². The predicted molar refractivity (Wildman–Crippen MR) is 74.4 cm³/mol. The van der Waals surface area contributed by atoms with Crippen LogP contribution in [0.15, 0.2) is 16.5 Å². The lowest BCUT2D eigenvalue weighted by Crippen LogP contribution is -2.47. The van der Waals surface area contributed by atoms with Crippen molar-refractivity contribution >= 4 is 0 Å². The van der Waals surface area contributed by atoms with Gasteiger partial charge < -0.3 is 10.2 Å². The summed E-state index contributed by atoms with van der Waals surface area (Å²) in [7, 11) is 0. The standard InChI is InChI=1S/C15H26N2O/c1-10-7-8-17(11(2)9-10)15(13(4)16)14-6-5-12(3)18-14/h5-6,10-11,13,15H,7-9,16H2,1-4H3. The predicted octanol–water partition coefficient (Wildman–Crippen LogP) is 3.10. The second kappa shape index (κ2) is 5.45. The molecule has 1 aliphatic rings. The molecule has 3 nitrogen and oxygen atoms in total. The smallest absolute Gasteiger partial charge is 0.122 e. The van der Waals surface area contributed by atoms with Crippen molar-refractivity contribution in [3.63, 3.8) is 0 Å². The second-order valence-electron chi connectivity index (χ2n) is 5.97. The molecule has 18 heavy (non-hydrogen) atoms. The molecule has 0 amide bonds. The number of furan rings is 1. The third-order valence-corrected chi connectivity index (χ3v) is 4.10. The number of rotatable bonds is 3. The topological polar surface area (TPSA) is 42.4 Å². The minimum atomic E-state index is 0.0893. The van der Waals surface area contributed by atoms with Crippen molar-refractivity contribution in [3.8, 4) is 0 Å². The van der Waals surface area contributed by atoms with E-state index in [1.165, 1.54) is 12.8 Å². The first-order chi connectivity index (χ1) is 8.49. The quantitative estimate of drug-likeness (QED) is 0.896. The fourth-order valence-corrected chi connectivity index (χ4v) is 3.18. The summed E-state index contributed by atoms with van der Waals surface area (Å²) in [6, 6.07) is 4.98. The Balaban J connectivity index is 2.20. The van der Waals surface area contributed by atoms with E-state index in [1.54, 1.807) is 0 Å². The van der Waals surface area contributed by atoms with Crippen molar-refractivity contribution in [2.45, 2.75) is 58.7 Å². The van der Waals surface area contributed by atoms with Gasteiger partial charge in [-0.05, 0) is 58.2 Å². The van der Waals surface area contributed by atoms with Gasteiger partial charge in [0.05, 0.1) is 6.04 Å². The summed E-state index contributed by atoms with van der Waals surface area (Å²) >= 11 is 0. The molecule has 0 bridgehead atoms. The zero-order valence-electron chi connectivity index (χ0n) is 12.0. The fraction of sp³-hybridized carbons (Fsp3) is 0.733. The maximum atomic E-state index is 6.20. The molecule has 1 fully saturated rings. The summed E-state index contributed by atoms with van der Waals surface area (Å²) in [5, 5.41) is 0. The van der Waals surface area contributed by atoms with Gasteiger partial charge in [0.25, 0.3) is 0 Å². The first-order valence-electron chi connectivity index (χ1n) is 7.06. The van der Waals surface area contributed by atoms with Gasteiger partial charge in [-0.1, -0.05) is 6.92 Å². The van der Waals surface area contributed by atoms with Gasteiger partial charge in [-0.25, -0.2) is 0 Å². The average molecular weight is 250 g/mol. The van der Waals surface area contributed by atoms with Gasteiger partial charge in [-0.2, -0.15) is 0 Å². The van der Waals surface area contributed by atoms with E-state index in [-0.39, 0.29) is 12.1 Å². The van der Waals surface area contributed by atoms with E-state index in [9.17, 15) is 0 Å². The summed E-state index contributed by atoms with van der Waals surface area (Å²) in [6.45, 7) is 9.83. The third kappa shape index (κ3) is 2.78. The SMILES string of the molecule is Cc1ccc(C(C(C)N)N2CCC(C)CC2C)o1. The molecule has 2 N–H and O–H groups in total. The molecular weight excluding hydrogens is 224 g/mol. The fourth-order valence-electron chi connectivity index (χ4n) is 3.18. The normalized spacial score (nSPS) is 29.2. The van der Waals surface area contributed by atoms with Crippen LogP contribution in [0.2, 0.25) is 0 Å². The average Bonchev–Trinajstić information content (AvgIpc) is 2.68. The zero-order valence-corrected chi connectivity index (χ0v) is 12.0. The highest BCUT2D eigenvalue weighted by atomic mass is 16.3. The van der Waals surface area contributed by atoms with E-state index in [0.717, 1.165) is 24.0 Å². The third-order valence-electron chi connectivity index (χ3n) is 4.10. The van der Waals surface area contributed by atoms with Crippen molar-refractivity contribution in [2.75, 3.05) is 6.54 Å². The minimum absolute atomic E-state index is 0.0893. The Labute approximate surface area is 110 Å². The number of hydrogen-bond acceptors (Lipinski definition) is 3. The molecule has 1 aromatic rings. The number of hydrogen-bond donors (Lipinski definition) is 1. The molecule has 1 aromatic heterocycles. The highest BCUT2D eigenvalue weighted by Crippen LogP contribution is 2.33. The lowest BCUT2D eigenvalue weighted by Gasteiger charge is -2.42. The number of piperidine rings is 1. The highest BCUT2D eigenvalue weighted by molar-refractivity contribution is 5.12. The molecule has 4 unspecified atom stereocenters. The Kier molecular flexibility index (Phi) is 4.13. The van der Waals surface area contributed by atoms with Crippen LogP contribution < -0.4 is 5.73 Å². The van der Waals surface area contributed by atoms with Crippen LogP contribution in [0.1, 0.15) is 51.2 Å². The Hall–Kier alpha value is -0.800. The number of nitrogens with zero attached hydrogens (tertiary/aromatic N) is 1. The molecule has 1 aliphatic heterocycles. The lowest BCUT2D eigenvalue weighted by atomic mass is 9.90. The highest BCUT2D eigenvalue weighted by Gasteiger charge is 2.33. The maximum absolute atomic E-state index is 6.20. The summed E-state index contributed by atoms with van der Waals surface area (Å²) < 4.78 is 5.81. The molecule has 3 heteroatoms. The molecule has 4 atom stereocenters.